The molecule has 1 aromatic rings. The fourth-order valence-electron chi connectivity index (χ4n) is 2.64. The van der Waals surface area contributed by atoms with Crippen molar-refractivity contribution in [2.75, 3.05) is 13.1 Å². The van der Waals surface area contributed by atoms with E-state index in [1.54, 1.807) is 25.7 Å². The summed E-state index contributed by atoms with van der Waals surface area (Å²) in [7, 11) is 0. The van der Waals surface area contributed by atoms with Crippen LogP contribution in [0.3, 0.4) is 0 Å². The topological polar surface area (TPSA) is 83.6 Å². The van der Waals surface area contributed by atoms with Crippen molar-refractivity contribution >= 4 is 11.9 Å². The number of carboxylic acids is 1. The molecule has 0 spiro atoms. The van der Waals surface area contributed by atoms with Gasteiger partial charge >= 0.3 is 5.97 Å². The Morgan fingerprint density at radius 2 is 2.15 bits per heavy atom. The Balaban J connectivity index is 2.08. The predicted octanol–water partition coefficient (Wildman–Crippen LogP) is 1.55. The van der Waals surface area contributed by atoms with E-state index in [0.29, 0.717) is 24.4 Å². The van der Waals surface area contributed by atoms with Crippen LogP contribution < -0.4 is 0 Å². The fraction of sp³-hybridized carbons (Fsp3) is 0.643. The molecule has 0 radical (unpaired) electrons. The first kappa shape index (κ1) is 14.6. The molecule has 110 valence electrons. The smallest absolute Gasteiger partial charge is 0.311 e. The molecule has 1 aliphatic rings. The zero-order valence-corrected chi connectivity index (χ0v) is 12.1. The first-order chi connectivity index (χ1) is 9.33. The third-order valence-electron chi connectivity index (χ3n) is 4.07. The van der Waals surface area contributed by atoms with Gasteiger partial charge in [-0.15, -0.1) is 0 Å². The number of piperidine rings is 1. The Labute approximate surface area is 117 Å². The lowest BCUT2D eigenvalue weighted by molar-refractivity contribution is -0.153. The van der Waals surface area contributed by atoms with Crippen LogP contribution in [0.4, 0.5) is 0 Å². The van der Waals surface area contributed by atoms with Gasteiger partial charge in [-0.2, -0.15) is 0 Å². The maximum absolute atomic E-state index is 12.3. The average Bonchev–Trinajstić information content (AvgIpc) is 2.70. The van der Waals surface area contributed by atoms with Crippen molar-refractivity contribution in [2.45, 2.75) is 40.0 Å². The summed E-state index contributed by atoms with van der Waals surface area (Å²) in [5.41, 5.74) is 0.679. The number of hydrogen-bond acceptors (Lipinski definition) is 4. The third kappa shape index (κ3) is 2.69. The van der Waals surface area contributed by atoms with Crippen LogP contribution in [0.5, 0.6) is 0 Å². The number of carbonyl (C=O) groups is 2. The van der Waals surface area contributed by atoms with Crippen molar-refractivity contribution in [3.8, 4) is 0 Å². The molecule has 0 bridgehead atoms. The van der Waals surface area contributed by atoms with E-state index in [1.165, 1.54) is 0 Å². The number of aromatic nitrogens is 1. The van der Waals surface area contributed by atoms with E-state index in [4.69, 9.17) is 4.52 Å². The molecule has 1 unspecified atom stereocenters. The van der Waals surface area contributed by atoms with Crippen LogP contribution in [-0.4, -0.2) is 40.1 Å². The molecular weight excluding hydrogens is 260 g/mol. The number of rotatable bonds is 3. The van der Waals surface area contributed by atoms with Gasteiger partial charge in [-0.3, -0.25) is 9.59 Å². The van der Waals surface area contributed by atoms with Gasteiger partial charge in [-0.05, 0) is 33.6 Å². The number of aliphatic carboxylic acids is 1. The van der Waals surface area contributed by atoms with Gasteiger partial charge in [0, 0.05) is 18.7 Å². The van der Waals surface area contributed by atoms with Gasteiger partial charge in [0.25, 0.3) is 0 Å². The number of likely N-dealkylation sites (tertiary alicyclic amines) is 1. The molecule has 20 heavy (non-hydrogen) atoms. The number of carbonyl (C=O) groups excluding carboxylic acids is 1. The molecule has 1 saturated heterocycles. The minimum absolute atomic E-state index is 0.0634. The molecule has 2 heterocycles. The van der Waals surface area contributed by atoms with Crippen LogP contribution in [0.1, 0.15) is 36.8 Å². The summed E-state index contributed by atoms with van der Waals surface area (Å²) in [6, 6.07) is 0. The molecule has 1 N–H and O–H groups in total. The second-order valence-corrected chi connectivity index (χ2v) is 5.76. The predicted molar refractivity (Wildman–Crippen MR) is 71.2 cm³/mol. The molecule has 1 atom stereocenters. The molecular formula is C14H20N2O4. The second kappa shape index (κ2) is 5.26. The SMILES string of the molecule is Cc1noc(C)c1CC(=O)N1CCCC(C)(C(=O)O)C1. The van der Waals surface area contributed by atoms with E-state index in [-0.39, 0.29) is 18.9 Å². The number of amides is 1. The summed E-state index contributed by atoms with van der Waals surface area (Å²) in [4.78, 5) is 25.3. The summed E-state index contributed by atoms with van der Waals surface area (Å²) >= 11 is 0. The number of hydrogen-bond donors (Lipinski definition) is 1. The lowest BCUT2D eigenvalue weighted by Crippen LogP contribution is -2.48. The summed E-state index contributed by atoms with van der Waals surface area (Å²) in [6.45, 7) is 6.16. The van der Waals surface area contributed by atoms with Crippen LogP contribution in [0.15, 0.2) is 4.52 Å². The molecule has 1 fully saturated rings. The summed E-state index contributed by atoms with van der Waals surface area (Å²) in [5, 5.41) is 13.1. The Morgan fingerprint density at radius 3 is 2.70 bits per heavy atom. The van der Waals surface area contributed by atoms with Crippen LogP contribution in [0, 0.1) is 19.3 Å². The zero-order chi connectivity index (χ0) is 14.9. The molecule has 1 aromatic heterocycles. The van der Waals surface area contributed by atoms with E-state index in [2.05, 4.69) is 5.16 Å². The van der Waals surface area contributed by atoms with Gasteiger partial charge in [0.05, 0.1) is 17.5 Å². The van der Waals surface area contributed by atoms with Gasteiger partial charge in [0.2, 0.25) is 5.91 Å². The van der Waals surface area contributed by atoms with Crippen molar-refractivity contribution in [3.05, 3.63) is 17.0 Å². The van der Waals surface area contributed by atoms with Crippen molar-refractivity contribution in [1.29, 1.82) is 0 Å². The van der Waals surface area contributed by atoms with Crippen LogP contribution in [-0.2, 0) is 16.0 Å². The van der Waals surface area contributed by atoms with Crippen molar-refractivity contribution < 1.29 is 19.2 Å². The van der Waals surface area contributed by atoms with E-state index < -0.39 is 11.4 Å². The van der Waals surface area contributed by atoms with Crippen molar-refractivity contribution in [1.82, 2.24) is 10.1 Å². The quantitative estimate of drug-likeness (QED) is 0.908. The van der Waals surface area contributed by atoms with Gasteiger partial charge in [-0.1, -0.05) is 5.16 Å². The van der Waals surface area contributed by atoms with E-state index in [9.17, 15) is 14.7 Å². The van der Waals surface area contributed by atoms with E-state index in [0.717, 1.165) is 12.0 Å². The Morgan fingerprint density at radius 1 is 1.45 bits per heavy atom. The number of aryl methyl sites for hydroxylation is 2. The molecule has 1 amide bonds. The maximum atomic E-state index is 12.3. The molecule has 0 saturated carbocycles. The highest BCUT2D eigenvalue weighted by Gasteiger charge is 2.39. The Bertz CT molecular complexity index is 518. The molecule has 0 aliphatic carbocycles. The van der Waals surface area contributed by atoms with Crippen LogP contribution in [0.2, 0.25) is 0 Å². The zero-order valence-electron chi connectivity index (χ0n) is 12.1. The molecule has 0 aromatic carbocycles. The minimum Gasteiger partial charge on any atom is -0.481 e. The first-order valence-corrected chi connectivity index (χ1v) is 6.76. The summed E-state index contributed by atoms with van der Waals surface area (Å²) in [5.74, 6) is -0.257. The standard InChI is InChI=1S/C14H20N2O4/c1-9-11(10(2)20-15-9)7-12(17)16-6-4-5-14(3,8-16)13(18)19/h4-8H2,1-3H3,(H,18,19). The van der Waals surface area contributed by atoms with Crippen LogP contribution >= 0.6 is 0 Å². The Kier molecular flexibility index (Phi) is 3.83. The third-order valence-corrected chi connectivity index (χ3v) is 4.07. The fourth-order valence-corrected chi connectivity index (χ4v) is 2.64. The normalized spacial score (nSPS) is 22.9. The largest absolute Gasteiger partial charge is 0.481 e. The maximum Gasteiger partial charge on any atom is 0.311 e. The van der Waals surface area contributed by atoms with E-state index in [1.807, 2.05) is 0 Å². The van der Waals surface area contributed by atoms with Crippen LogP contribution in [0.25, 0.3) is 0 Å². The van der Waals surface area contributed by atoms with Gasteiger partial charge in [-0.25, -0.2) is 0 Å². The lowest BCUT2D eigenvalue weighted by atomic mass is 9.82. The molecule has 2 rings (SSSR count). The minimum atomic E-state index is -0.841. The molecule has 1 aliphatic heterocycles. The van der Waals surface area contributed by atoms with Crippen molar-refractivity contribution in [2.24, 2.45) is 5.41 Å². The summed E-state index contributed by atoms with van der Waals surface area (Å²) < 4.78 is 5.05. The highest BCUT2D eigenvalue weighted by Crippen LogP contribution is 2.30. The monoisotopic (exact) mass is 280 g/mol. The summed E-state index contributed by atoms with van der Waals surface area (Å²) in [6.07, 6.45) is 1.55. The second-order valence-electron chi connectivity index (χ2n) is 5.76. The first-order valence-electron chi connectivity index (χ1n) is 6.76. The molecule has 6 heteroatoms. The van der Waals surface area contributed by atoms with E-state index >= 15 is 0 Å². The average molecular weight is 280 g/mol. The highest BCUT2D eigenvalue weighted by molar-refractivity contribution is 5.81. The molecule has 6 nitrogen and oxygen atoms in total. The lowest BCUT2D eigenvalue weighted by Gasteiger charge is -2.37. The number of nitrogens with zero attached hydrogens (tertiary/aromatic N) is 2. The van der Waals surface area contributed by atoms with Gasteiger partial charge in [0.15, 0.2) is 0 Å². The highest BCUT2D eigenvalue weighted by atomic mass is 16.5. The number of carboxylic acid groups (broad SMARTS) is 1. The van der Waals surface area contributed by atoms with Gasteiger partial charge in [0.1, 0.15) is 5.76 Å². The van der Waals surface area contributed by atoms with Gasteiger partial charge < -0.3 is 14.5 Å². The Hall–Kier alpha value is -1.85. The van der Waals surface area contributed by atoms with Crippen molar-refractivity contribution in [3.63, 3.8) is 0 Å².